The maximum atomic E-state index is 13.0. The number of hydrogen-bond donors (Lipinski definition) is 1. The minimum atomic E-state index is -4.76. The molecule has 18 heavy (non-hydrogen) atoms. The first-order chi connectivity index (χ1) is 8.29. The van der Waals surface area contributed by atoms with E-state index in [-0.39, 0.29) is 10.9 Å². The van der Waals surface area contributed by atoms with E-state index in [0.717, 1.165) is 18.2 Å². The van der Waals surface area contributed by atoms with E-state index in [9.17, 15) is 22.4 Å². The van der Waals surface area contributed by atoms with Crippen molar-refractivity contribution in [2.24, 2.45) is 0 Å². The van der Waals surface area contributed by atoms with Gasteiger partial charge >= 0.3 is 12.1 Å². The van der Waals surface area contributed by atoms with Crippen LogP contribution in [0, 0.1) is 5.82 Å². The van der Waals surface area contributed by atoms with Crippen molar-refractivity contribution in [3.05, 3.63) is 41.3 Å². The van der Waals surface area contributed by atoms with Crippen LogP contribution in [0.5, 0.6) is 0 Å². The number of alkyl halides is 3. The van der Waals surface area contributed by atoms with Crippen LogP contribution in [0.4, 0.5) is 17.6 Å². The van der Waals surface area contributed by atoms with Crippen LogP contribution >= 0.6 is 0 Å². The van der Waals surface area contributed by atoms with Crippen LogP contribution in [-0.4, -0.2) is 16.1 Å². The molecular weight excluding hydrogens is 254 g/mol. The van der Waals surface area contributed by atoms with Gasteiger partial charge in [-0.3, -0.25) is 0 Å². The molecule has 2 rings (SSSR count). The third kappa shape index (κ3) is 2.11. The van der Waals surface area contributed by atoms with Gasteiger partial charge in [0.25, 0.3) is 0 Å². The number of benzene rings is 1. The number of aromatic nitrogens is 1. The molecule has 1 aromatic heterocycles. The van der Waals surface area contributed by atoms with Crippen molar-refractivity contribution >= 4 is 16.9 Å². The minimum absolute atomic E-state index is 0.171. The number of hydrogen-bond acceptors (Lipinski definition) is 2. The van der Waals surface area contributed by atoms with E-state index >= 15 is 0 Å². The molecule has 0 aliphatic rings. The molecule has 0 saturated carbocycles. The summed E-state index contributed by atoms with van der Waals surface area (Å²) in [6.45, 7) is 0. The number of pyridine rings is 1. The molecule has 0 aliphatic carbocycles. The van der Waals surface area contributed by atoms with E-state index in [1.165, 1.54) is 0 Å². The van der Waals surface area contributed by atoms with E-state index in [1.54, 1.807) is 0 Å². The van der Waals surface area contributed by atoms with Gasteiger partial charge in [-0.25, -0.2) is 14.2 Å². The Morgan fingerprint density at radius 2 is 1.89 bits per heavy atom. The van der Waals surface area contributed by atoms with Crippen LogP contribution in [0.2, 0.25) is 0 Å². The zero-order valence-corrected chi connectivity index (χ0v) is 8.62. The second-order valence-corrected chi connectivity index (χ2v) is 3.52. The molecule has 0 spiro atoms. The first-order valence-electron chi connectivity index (χ1n) is 4.70. The van der Waals surface area contributed by atoms with Gasteiger partial charge in [0.1, 0.15) is 11.5 Å². The summed E-state index contributed by atoms with van der Waals surface area (Å²) < 4.78 is 50.5. The van der Waals surface area contributed by atoms with Gasteiger partial charge in [-0.2, -0.15) is 13.2 Å². The van der Waals surface area contributed by atoms with Crippen molar-refractivity contribution in [1.82, 2.24) is 4.98 Å². The molecule has 94 valence electrons. The molecule has 7 heteroatoms. The Balaban J connectivity index is 2.83. The lowest BCUT2D eigenvalue weighted by molar-refractivity contribution is -0.140. The number of fused-ring (bicyclic) bond motifs is 1. The Morgan fingerprint density at radius 1 is 1.22 bits per heavy atom. The number of rotatable bonds is 1. The highest BCUT2D eigenvalue weighted by molar-refractivity contribution is 6.02. The summed E-state index contributed by atoms with van der Waals surface area (Å²) in [5.74, 6) is -2.31. The third-order valence-electron chi connectivity index (χ3n) is 2.29. The zero-order chi connectivity index (χ0) is 13.5. The van der Waals surface area contributed by atoms with Gasteiger partial charge in [0, 0.05) is 5.39 Å². The lowest BCUT2D eigenvalue weighted by Crippen LogP contribution is -2.11. The largest absolute Gasteiger partial charge is 0.478 e. The molecular formula is C11H5F4NO2. The quantitative estimate of drug-likeness (QED) is 0.800. The van der Waals surface area contributed by atoms with Gasteiger partial charge < -0.3 is 5.11 Å². The van der Waals surface area contributed by atoms with Crippen LogP contribution in [0.15, 0.2) is 24.3 Å². The van der Waals surface area contributed by atoms with Crippen molar-refractivity contribution in [2.45, 2.75) is 6.18 Å². The molecule has 2 aromatic rings. The van der Waals surface area contributed by atoms with Crippen LogP contribution in [0.25, 0.3) is 10.9 Å². The molecule has 1 aromatic carbocycles. The molecule has 0 amide bonds. The standard InChI is InChI=1S/C11H5F4NO2/c12-5-1-2-8-6(3-5)7(10(17)18)4-9(16-8)11(13,14)15/h1-4H,(H,17,18). The van der Waals surface area contributed by atoms with Crippen molar-refractivity contribution in [1.29, 1.82) is 0 Å². The maximum Gasteiger partial charge on any atom is 0.433 e. The smallest absolute Gasteiger partial charge is 0.433 e. The second-order valence-electron chi connectivity index (χ2n) is 3.52. The summed E-state index contributed by atoms with van der Waals surface area (Å²) in [4.78, 5) is 14.2. The molecule has 0 bridgehead atoms. The Labute approximate surface area is 97.7 Å². The van der Waals surface area contributed by atoms with Gasteiger partial charge in [0.15, 0.2) is 0 Å². The highest BCUT2D eigenvalue weighted by atomic mass is 19.4. The molecule has 1 heterocycles. The van der Waals surface area contributed by atoms with Gasteiger partial charge in [0.05, 0.1) is 11.1 Å². The van der Waals surface area contributed by atoms with Crippen LogP contribution in [0.3, 0.4) is 0 Å². The van der Waals surface area contributed by atoms with Gasteiger partial charge in [-0.15, -0.1) is 0 Å². The number of nitrogens with zero attached hydrogens (tertiary/aromatic N) is 1. The molecule has 0 radical (unpaired) electrons. The Bertz CT molecular complexity index is 637. The molecule has 0 atom stereocenters. The Hall–Kier alpha value is -2.18. The molecule has 0 aliphatic heterocycles. The predicted octanol–water partition coefficient (Wildman–Crippen LogP) is 3.09. The first-order valence-corrected chi connectivity index (χ1v) is 4.70. The monoisotopic (exact) mass is 259 g/mol. The Kier molecular flexibility index (Phi) is 2.68. The van der Waals surface area contributed by atoms with Crippen molar-refractivity contribution in [2.75, 3.05) is 0 Å². The van der Waals surface area contributed by atoms with Crippen molar-refractivity contribution in [3.63, 3.8) is 0 Å². The third-order valence-corrected chi connectivity index (χ3v) is 2.29. The van der Waals surface area contributed by atoms with Crippen LogP contribution in [-0.2, 0) is 6.18 Å². The minimum Gasteiger partial charge on any atom is -0.478 e. The maximum absolute atomic E-state index is 13.0. The lowest BCUT2D eigenvalue weighted by atomic mass is 10.1. The average molecular weight is 259 g/mol. The van der Waals surface area contributed by atoms with Gasteiger partial charge in [0.2, 0.25) is 0 Å². The number of carbonyl (C=O) groups is 1. The van der Waals surface area contributed by atoms with Crippen LogP contribution < -0.4 is 0 Å². The molecule has 0 saturated heterocycles. The first kappa shape index (κ1) is 12.3. The highest BCUT2D eigenvalue weighted by Gasteiger charge is 2.34. The Morgan fingerprint density at radius 3 is 2.44 bits per heavy atom. The summed E-state index contributed by atoms with van der Waals surface area (Å²) in [7, 11) is 0. The number of halogens is 4. The summed E-state index contributed by atoms with van der Waals surface area (Å²) in [5.41, 5.74) is -2.17. The fraction of sp³-hybridized carbons (Fsp3) is 0.0909. The van der Waals surface area contributed by atoms with E-state index in [4.69, 9.17) is 5.11 Å². The fourth-order valence-electron chi connectivity index (χ4n) is 1.52. The summed E-state index contributed by atoms with van der Waals surface area (Å²) >= 11 is 0. The van der Waals surface area contributed by atoms with Crippen molar-refractivity contribution in [3.8, 4) is 0 Å². The number of carboxylic acids is 1. The topological polar surface area (TPSA) is 50.2 Å². The fourth-order valence-corrected chi connectivity index (χ4v) is 1.52. The van der Waals surface area contributed by atoms with Gasteiger partial charge in [-0.05, 0) is 24.3 Å². The molecule has 0 fully saturated rings. The predicted molar refractivity (Wildman–Crippen MR) is 53.7 cm³/mol. The lowest BCUT2D eigenvalue weighted by Gasteiger charge is -2.09. The van der Waals surface area contributed by atoms with E-state index in [0.29, 0.717) is 6.07 Å². The van der Waals surface area contributed by atoms with E-state index in [2.05, 4.69) is 4.98 Å². The van der Waals surface area contributed by atoms with Gasteiger partial charge in [-0.1, -0.05) is 0 Å². The summed E-state index contributed by atoms with van der Waals surface area (Å²) in [6, 6.07) is 3.16. The zero-order valence-electron chi connectivity index (χ0n) is 8.62. The molecule has 3 nitrogen and oxygen atoms in total. The van der Waals surface area contributed by atoms with E-state index < -0.39 is 29.2 Å². The van der Waals surface area contributed by atoms with Crippen LogP contribution in [0.1, 0.15) is 16.1 Å². The summed E-state index contributed by atoms with van der Waals surface area (Å²) in [5, 5.41) is 8.68. The summed E-state index contributed by atoms with van der Waals surface area (Å²) in [6.07, 6.45) is -4.76. The normalized spacial score (nSPS) is 11.8. The highest BCUT2D eigenvalue weighted by Crippen LogP contribution is 2.31. The molecule has 1 N–H and O–H groups in total. The average Bonchev–Trinajstić information content (AvgIpc) is 2.25. The number of aromatic carboxylic acids is 1. The van der Waals surface area contributed by atoms with E-state index in [1.807, 2.05) is 0 Å². The SMILES string of the molecule is O=C(O)c1cc(C(F)(F)F)nc2ccc(F)cc12. The number of carboxylic acid groups (broad SMARTS) is 1. The second kappa shape index (κ2) is 3.94. The van der Waals surface area contributed by atoms with Crippen molar-refractivity contribution < 1.29 is 27.5 Å². The molecule has 0 unspecified atom stereocenters.